The van der Waals surface area contributed by atoms with E-state index >= 15 is 0 Å². The minimum Gasteiger partial charge on any atom is -0.390 e. The second-order valence-corrected chi connectivity index (χ2v) is 3.91. The summed E-state index contributed by atoms with van der Waals surface area (Å²) < 4.78 is 0. The number of aliphatic hydroxyl groups is 1. The van der Waals surface area contributed by atoms with Gasteiger partial charge >= 0.3 is 6.03 Å². The van der Waals surface area contributed by atoms with Gasteiger partial charge < -0.3 is 20.6 Å². The number of hydrogen-bond acceptors (Lipinski definition) is 3. The summed E-state index contributed by atoms with van der Waals surface area (Å²) >= 11 is 0. The van der Waals surface area contributed by atoms with Crippen LogP contribution in [0.2, 0.25) is 0 Å². The number of rotatable bonds is 7. The van der Waals surface area contributed by atoms with Crippen molar-refractivity contribution in [3.05, 3.63) is 0 Å². The van der Waals surface area contributed by atoms with Crippen LogP contribution in [0.15, 0.2) is 0 Å². The lowest BCUT2D eigenvalue weighted by molar-refractivity contribution is 0.135. The second-order valence-electron chi connectivity index (χ2n) is 3.91. The van der Waals surface area contributed by atoms with E-state index in [1.54, 1.807) is 0 Å². The lowest BCUT2D eigenvalue weighted by Crippen LogP contribution is -2.42. The van der Waals surface area contributed by atoms with Crippen LogP contribution < -0.4 is 10.6 Å². The van der Waals surface area contributed by atoms with Crippen LogP contribution in [-0.4, -0.2) is 55.9 Å². The molecule has 3 N–H and O–H groups in total. The van der Waals surface area contributed by atoms with Gasteiger partial charge in [0.25, 0.3) is 0 Å². The highest BCUT2D eigenvalue weighted by Crippen LogP contribution is 1.85. The van der Waals surface area contributed by atoms with Crippen LogP contribution in [0.25, 0.3) is 0 Å². The number of nitrogens with zero attached hydrogens (tertiary/aromatic N) is 1. The molecular weight excluding hydrogens is 194 g/mol. The van der Waals surface area contributed by atoms with E-state index in [-0.39, 0.29) is 12.6 Å². The van der Waals surface area contributed by atoms with Crippen molar-refractivity contribution in [3.8, 4) is 0 Å². The first-order valence-electron chi connectivity index (χ1n) is 5.40. The zero-order valence-corrected chi connectivity index (χ0v) is 9.92. The molecule has 0 aliphatic carbocycles. The van der Waals surface area contributed by atoms with E-state index in [0.717, 1.165) is 12.8 Å². The van der Waals surface area contributed by atoms with Crippen molar-refractivity contribution >= 4 is 6.03 Å². The van der Waals surface area contributed by atoms with Gasteiger partial charge in [0.05, 0.1) is 6.10 Å². The molecule has 0 heterocycles. The minimum atomic E-state index is -0.517. The fourth-order valence-corrected chi connectivity index (χ4v) is 1.14. The molecule has 0 saturated heterocycles. The lowest BCUT2D eigenvalue weighted by Gasteiger charge is -2.16. The van der Waals surface area contributed by atoms with E-state index in [1.165, 1.54) is 0 Å². The van der Waals surface area contributed by atoms with Gasteiger partial charge in [0.15, 0.2) is 0 Å². The Morgan fingerprint density at radius 2 is 2.07 bits per heavy atom. The van der Waals surface area contributed by atoms with Crippen molar-refractivity contribution in [1.82, 2.24) is 15.5 Å². The quantitative estimate of drug-likeness (QED) is 0.526. The number of aliphatic hydroxyl groups excluding tert-OH is 1. The van der Waals surface area contributed by atoms with Crippen molar-refractivity contribution in [3.63, 3.8) is 0 Å². The lowest BCUT2D eigenvalue weighted by atomic mass is 10.3. The summed E-state index contributed by atoms with van der Waals surface area (Å²) in [5.41, 5.74) is 0. The van der Waals surface area contributed by atoms with Gasteiger partial charge in [0, 0.05) is 19.6 Å². The Bertz CT molecular complexity index is 174. The van der Waals surface area contributed by atoms with Gasteiger partial charge in [-0.1, -0.05) is 13.3 Å². The first-order chi connectivity index (χ1) is 7.06. The Kier molecular flexibility index (Phi) is 8.04. The van der Waals surface area contributed by atoms with Crippen LogP contribution in [0.5, 0.6) is 0 Å². The van der Waals surface area contributed by atoms with Gasteiger partial charge in [-0.3, -0.25) is 0 Å². The average molecular weight is 217 g/mol. The molecule has 0 bridgehead atoms. The standard InChI is InChI=1S/C10H23N3O2/c1-4-5-6-11-10(15)12-7-9(14)8-13(2)3/h9,14H,4-8H2,1-3H3,(H2,11,12,15)/t9-/m1/s1. The fraction of sp³-hybridized carbons (Fsp3) is 0.900. The van der Waals surface area contributed by atoms with Gasteiger partial charge in [0.2, 0.25) is 0 Å². The number of likely N-dealkylation sites (N-methyl/N-ethyl adjacent to an activating group) is 1. The molecule has 15 heavy (non-hydrogen) atoms. The fourth-order valence-electron chi connectivity index (χ4n) is 1.14. The molecule has 0 aromatic carbocycles. The molecule has 0 saturated carbocycles. The van der Waals surface area contributed by atoms with Gasteiger partial charge in [0.1, 0.15) is 0 Å². The monoisotopic (exact) mass is 217 g/mol. The summed E-state index contributed by atoms with van der Waals surface area (Å²) in [6.45, 7) is 3.60. The summed E-state index contributed by atoms with van der Waals surface area (Å²) in [4.78, 5) is 13.0. The molecule has 0 radical (unpaired) electrons. The highest BCUT2D eigenvalue weighted by atomic mass is 16.3. The average Bonchev–Trinajstić information content (AvgIpc) is 2.14. The van der Waals surface area contributed by atoms with Crippen LogP contribution in [0, 0.1) is 0 Å². The van der Waals surface area contributed by atoms with Crippen LogP contribution in [-0.2, 0) is 0 Å². The van der Waals surface area contributed by atoms with Crippen LogP contribution in [0.3, 0.4) is 0 Å². The smallest absolute Gasteiger partial charge is 0.314 e. The first kappa shape index (κ1) is 14.2. The molecule has 90 valence electrons. The van der Waals surface area contributed by atoms with E-state index in [2.05, 4.69) is 17.6 Å². The van der Waals surface area contributed by atoms with E-state index in [4.69, 9.17) is 0 Å². The van der Waals surface area contributed by atoms with E-state index in [1.807, 2.05) is 19.0 Å². The predicted octanol–water partition coefficient (Wildman–Crippen LogP) is 0.00820. The van der Waals surface area contributed by atoms with Crippen LogP contribution in [0.1, 0.15) is 19.8 Å². The number of nitrogens with one attached hydrogen (secondary N) is 2. The van der Waals surface area contributed by atoms with Crippen molar-refractivity contribution in [1.29, 1.82) is 0 Å². The largest absolute Gasteiger partial charge is 0.390 e. The Labute approximate surface area is 91.8 Å². The molecule has 1 atom stereocenters. The third kappa shape index (κ3) is 9.49. The molecule has 5 nitrogen and oxygen atoms in total. The summed E-state index contributed by atoms with van der Waals surface area (Å²) in [5, 5.41) is 14.8. The molecule has 0 rings (SSSR count). The highest BCUT2D eigenvalue weighted by Gasteiger charge is 2.06. The van der Waals surface area contributed by atoms with Crippen LogP contribution in [0.4, 0.5) is 4.79 Å². The molecule has 0 unspecified atom stereocenters. The third-order valence-electron chi connectivity index (χ3n) is 1.89. The molecular formula is C10H23N3O2. The molecule has 0 aliphatic rings. The summed E-state index contributed by atoms with van der Waals surface area (Å²) in [5.74, 6) is 0. The van der Waals surface area contributed by atoms with Crippen molar-refractivity contribution in [2.45, 2.75) is 25.9 Å². The van der Waals surface area contributed by atoms with Gasteiger partial charge in [-0.05, 0) is 20.5 Å². The Hall–Kier alpha value is -0.810. The molecule has 5 heteroatoms. The van der Waals surface area contributed by atoms with Crippen molar-refractivity contribution in [2.24, 2.45) is 0 Å². The number of hydrogen-bond donors (Lipinski definition) is 3. The van der Waals surface area contributed by atoms with E-state index < -0.39 is 6.10 Å². The highest BCUT2D eigenvalue weighted by molar-refractivity contribution is 5.73. The Morgan fingerprint density at radius 3 is 2.60 bits per heavy atom. The van der Waals surface area contributed by atoms with Crippen LogP contribution >= 0.6 is 0 Å². The Morgan fingerprint density at radius 1 is 1.40 bits per heavy atom. The van der Waals surface area contributed by atoms with E-state index in [0.29, 0.717) is 13.1 Å². The predicted molar refractivity (Wildman–Crippen MR) is 60.9 cm³/mol. The summed E-state index contributed by atoms with van der Waals surface area (Å²) in [6.07, 6.45) is 1.52. The zero-order chi connectivity index (χ0) is 11.7. The molecule has 0 fully saturated rings. The number of urea groups is 1. The number of amides is 2. The van der Waals surface area contributed by atoms with Gasteiger partial charge in [-0.2, -0.15) is 0 Å². The van der Waals surface area contributed by atoms with Gasteiger partial charge in [-0.25, -0.2) is 4.79 Å². The van der Waals surface area contributed by atoms with Gasteiger partial charge in [-0.15, -0.1) is 0 Å². The summed E-state index contributed by atoms with van der Waals surface area (Å²) in [6, 6.07) is -0.207. The van der Waals surface area contributed by atoms with E-state index in [9.17, 15) is 9.90 Å². The zero-order valence-electron chi connectivity index (χ0n) is 9.92. The van der Waals surface area contributed by atoms with Crippen molar-refractivity contribution in [2.75, 3.05) is 33.7 Å². The number of unbranched alkanes of at least 4 members (excludes halogenated alkanes) is 1. The van der Waals surface area contributed by atoms with Crippen molar-refractivity contribution < 1.29 is 9.90 Å². The maximum absolute atomic E-state index is 11.2. The maximum atomic E-state index is 11.2. The molecule has 0 aliphatic heterocycles. The topological polar surface area (TPSA) is 64.6 Å². The maximum Gasteiger partial charge on any atom is 0.314 e. The second kappa shape index (κ2) is 8.49. The molecule has 2 amide bonds. The number of carbonyl (C=O) groups is 1. The molecule has 0 aromatic heterocycles. The molecule has 0 aromatic rings. The first-order valence-corrected chi connectivity index (χ1v) is 5.40. The number of carbonyl (C=O) groups excluding carboxylic acids is 1. The molecule has 0 spiro atoms. The minimum absolute atomic E-state index is 0.207. The Balaban J connectivity index is 3.44. The third-order valence-corrected chi connectivity index (χ3v) is 1.89. The normalized spacial score (nSPS) is 12.6. The SMILES string of the molecule is CCCCNC(=O)NC[C@@H](O)CN(C)C. The summed E-state index contributed by atoms with van der Waals surface area (Å²) in [7, 11) is 3.76.